The Hall–Kier alpha value is -3.60. The lowest BCUT2D eigenvalue weighted by Gasteiger charge is -2.19. The van der Waals surface area contributed by atoms with E-state index in [2.05, 4.69) is 38.3 Å². The molecule has 2 N–H and O–H groups in total. The zero-order chi connectivity index (χ0) is 23.8. The van der Waals surface area contributed by atoms with Gasteiger partial charge in [0, 0.05) is 22.5 Å². The first-order chi connectivity index (χ1) is 15.8. The van der Waals surface area contributed by atoms with Gasteiger partial charge >= 0.3 is 0 Å². The molecule has 172 valence electrons. The molecule has 0 heterocycles. The van der Waals surface area contributed by atoms with Crippen molar-refractivity contribution in [3.05, 3.63) is 89.5 Å². The molecule has 3 aromatic carbocycles. The lowest BCUT2D eigenvalue weighted by molar-refractivity contribution is 0.101. The van der Waals surface area contributed by atoms with Crippen molar-refractivity contribution < 1.29 is 14.3 Å². The third-order valence-electron chi connectivity index (χ3n) is 5.28. The van der Waals surface area contributed by atoms with E-state index in [-0.39, 0.29) is 17.2 Å². The molecular weight excluding hydrogens is 412 g/mol. The second-order valence-electron chi connectivity index (χ2n) is 9.04. The van der Waals surface area contributed by atoms with E-state index < -0.39 is 0 Å². The van der Waals surface area contributed by atoms with Crippen molar-refractivity contribution in [2.75, 3.05) is 17.2 Å². The van der Waals surface area contributed by atoms with Crippen molar-refractivity contribution in [2.24, 2.45) is 0 Å². The van der Waals surface area contributed by atoms with Gasteiger partial charge in [-0.25, -0.2) is 0 Å². The van der Waals surface area contributed by atoms with E-state index in [4.69, 9.17) is 4.74 Å². The quantitative estimate of drug-likeness (QED) is 0.381. The number of carbonyl (C=O) groups excluding carboxylic acids is 2. The van der Waals surface area contributed by atoms with Crippen LogP contribution in [0.15, 0.2) is 72.8 Å². The molecule has 0 unspecified atom stereocenters. The minimum absolute atomic E-state index is 0.0403. The molecule has 0 spiro atoms. The lowest BCUT2D eigenvalue weighted by Crippen LogP contribution is -2.14. The van der Waals surface area contributed by atoms with Crippen LogP contribution in [0.2, 0.25) is 0 Å². The van der Waals surface area contributed by atoms with E-state index in [0.717, 1.165) is 12.8 Å². The van der Waals surface area contributed by atoms with Crippen molar-refractivity contribution in [1.29, 1.82) is 0 Å². The van der Waals surface area contributed by atoms with E-state index in [1.165, 1.54) is 5.56 Å². The molecule has 0 radical (unpaired) electrons. The van der Waals surface area contributed by atoms with Crippen molar-refractivity contribution in [3.63, 3.8) is 0 Å². The maximum Gasteiger partial charge on any atom is 0.255 e. The molecular formula is C28H32N2O3. The third kappa shape index (κ3) is 6.94. The van der Waals surface area contributed by atoms with Gasteiger partial charge in [0.05, 0.1) is 6.61 Å². The second kappa shape index (κ2) is 10.8. The molecule has 0 aliphatic rings. The number of hydrogen-bond acceptors (Lipinski definition) is 3. The van der Waals surface area contributed by atoms with Gasteiger partial charge in [0.25, 0.3) is 11.8 Å². The Labute approximate surface area is 196 Å². The fraction of sp³-hybridized carbons (Fsp3) is 0.286. The molecule has 5 heteroatoms. The molecule has 0 atom stereocenters. The fourth-order valence-electron chi connectivity index (χ4n) is 3.23. The highest BCUT2D eigenvalue weighted by molar-refractivity contribution is 6.05. The Bertz CT molecular complexity index is 1080. The average Bonchev–Trinajstić information content (AvgIpc) is 2.80. The summed E-state index contributed by atoms with van der Waals surface area (Å²) in [5, 5.41) is 5.77. The monoisotopic (exact) mass is 444 g/mol. The predicted octanol–water partition coefficient (Wildman–Crippen LogP) is 6.67. The Morgan fingerprint density at radius 1 is 0.788 bits per heavy atom. The van der Waals surface area contributed by atoms with Gasteiger partial charge in [-0.3, -0.25) is 9.59 Å². The van der Waals surface area contributed by atoms with Crippen LogP contribution in [0.1, 0.15) is 66.8 Å². The average molecular weight is 445 g/mol. The second-order valence-corrected chi connectivity index (χ2v) is 9.04. The molecule has 3 aromatic rings. The molecule has 33 heavy (non-hydrogen) atoms. The van der Waals surface area contributed by atoms with Crippen molar-refractivity contribution >= 4 is 23.2 Å². The number of hydrogen-bond donors (Lipinski definition) is 2. The third-order valence-corrected chi connectivity index (χ3v) is 5.28. The van der Waals surface area contributed by atoms with Gasteiger partial charge in [0.2, 0.25) is 0 Å². The van der Waals surface area contributed by atoms with Gasteiger partial charge in [0.1, 0.15) is 5.75 Å². The normalized spacial score (nSPS) is 11.0. The molecule has 0 saturated carbocycles. The summed E-state index contributed by atoms with van der Waals surface area (Å²) in [7, 11) is 0. The highest BCUT2D eigenvalue weighted by Crippen LogP contribution is 2.23. The first-order valence-corrected chi connectivity index (χ1v) is 11.3. The lowest BCUT2D eigenvalue weighted by atomic mass is 9.87. The number of unbranched alkanes of at least 4 members (excludes halogenated alkanes) is 1. The van der Waals surface area contributed by atoms with E-state index in [1.54, 1.807) is 36.4 Å². The number of benzene rings is 3. The summed E-state index contributed by atoms with van der Waals surface area (Å²) in [6, 6.07) is 21.8. The number of carbonyl (C=O) groups is 2. The molecule has 0 aliphatic heterocycles. The summed E-state index contributed by atoms with van der Waals surface area (Å²) in [6.07, 6.45) is 2.03. The highest BCUT2D eigenvalue weighted by atomic mass is 16.5. The fourth-order valence-corrected chi connectivity index (χ4v) is 3.23. The summed E-state index contributed by atoms with van der Waals surface area (Å²) < 4.78 is 5.68. The zero-order valence-corrected chi connectivity index (χ0v) is 19.8. The molecule has 3 rings (SSSR count). The van der Waals surface area contributed by atoms with Gasteiger partial charge in [-0.1, -0.05) is 52.3 Å². The van der Waals surface area contributed by atoms with Crippen LogP contribution in [-0.2, 0) is 5.41 Å². The summed E-state index contributed by atoms with van der Waals surface area (Å²) in [5.41, 5.74) is 3.64. The van der Waals surface area contributed by atoms with Gasteiger partial charge in [-0.15, -0.1) is 0 Å². The maximum absolute atomic E-state index is 12.6. The van der Waals surface area contributed by atoms with E-state index in [1.807, 2.05) is 36.4 Å². The summed E-state index contributed by atoms with van der Waals surface area (Å²) in [4.78, 5) is 25.2. The van der Waals surface area contributed by atoms with Crippen LogP contribution in [0.3, 0.4) is 0 Å². The molecule has 2 amide bonds. The van der Waals surface area contributed by atoms with Crippen LogP contribution < -0.4 is 15.4 Å². The van der Waals surface area contributed by atoms with E-state index >= 15 is 0 Å². The van der Waals surface area contributed by atoms with Crippen molar-refractivity contribution in [2.45, 2.75) is 46.0 Å². The van der Waals surface area contributed by atoms with Crippen LogP contribution in [0.5, 0.6) is 5.75 Å². The first kappa shape index (κ1) is 24.1. The van der Waals surface area contributed by atoms with Crippen LogP contribution in [0, 0.1) is 0 Å². The first-order valence-electron chi connectivity index (χ1n) is 11.3. The number of amides is 2. The maximum atomic E-state index is 12.6. The van der Waals surface area contributed by atoms with E-state index in [9.17, 15) is 9.59 Å². The molecule has 0 aliphatic carbocycles. The minimum Gasteiger partial charge on any atom is -0.494 e. The Morgan fingerprint density at radius 2 is 1.36 bits per heavy atom. The topological polar surface area (TPSA) is 67.4 Å². The van der Waals surface area contributed by atoms with Gasteiger partial charge in [0.15, 0.2) is 0 Å². The number of rotatable bonds is 8. The van der Waals surface area contributed by atoms with Crippen LogP contribution in [-0.4, -0.2) is 18.4 Å². The number of ether oxygens (including phenoxy) is 1. The van der Waals surface area contributed by atoms with Crippen LogP contribution in [0.25, 0.3) is 0 Å². The van der Waals surface area contributed by atoms with Crippen LogP contribution in [0.4, 0.5) is 11.4 Å². The van der Waals surface area contributed by atoms with Gasteiger partial charge in [-0.2, -0.15) is 0 Å². The SMILES string of the molecule is CCCCOc1cccc(C(=O)Nc2ccc(NC(=O)c3ccc(C(C)(C)C)cc3)cc2)c1. The molecule has 0 bridgehead atoms. The Kier molecular flexibility index (Phi) is 7.88. The summed E-state index contributed by atoms with van der Waals surface area (Å²) in [6.45, 7) is 9.16. The number of nitrogens with one attached hydrogen (secondary N) is 2. The summed E-state index contributed by atoms with van der Waals surface area (Å²) in [5.74, 6) is 0.295. The van der Waals surface area contributed by atoms with Crippen LogP contribution >= 0.6 is 0 Å². The molecule has 0 saturated heterocycles. The van der Waals surface area contributed by atoms with Crippen molar-refractivity contribution in [3.8, 4) is 5.75 Å². The highest BCUT2D eigenvalue weighted by Gasteiger charge is 2.14. The minimum atomic E-state index is -0.216. The largest absolute Gasteiger partial charge is 0.494 e. The van der Waals surface area contributed by atoms with Gasteiger partial charge in [-0.05, 0) is 72.0 Å². The molecule has 0 aromatic heterocycles. The zero-order valence-electron chi connectivity index (χ0n) is 19.8. The predicted molar refractivity (Wildman–Crippen MR) is 134 cm³/mol. The van der Waals surface area contributed by atoms with Crippen molar-refractivity contribution in [1.82, 2.24) is 0 Å². The summed E-state index contributed by atoms with van der Waals surface area (Å²) >= 11 is 0. The Morgan fingerprint density at radius 3 is 1.91 bits per heavy atom. The number of anilines is 2. The molecule has 5 nitrogen and oxygen atoms in total. The molecule has 0 fully saturated rings. The standard InChI is InChI=1S/C28H32N2O3/c1-5-6-18-33-25-9-7-8-21(19-25)27(32)30-24-16-14-23(15-17-24)29-26(31)20-10-12-22(13-11-20)28(2,3)4/h7-17,19H,5-6,18H2,1-4H3,(H,29,31)(H,30,32). The smallest absolute Gasteiger partial charge is 0.255 e. The van der Waals surface area contributed by atoms with Gasteiger partial charge < -0.3 is 15.4 Å². The Balaban J connectivity index is 1.58. The van der Waals surface area contributed by atoms with E-state index in [0.29, 0.717) is 34.9 Å².